The van der Waals surface area contributed by atoms with Crippen molar-refractivity contribution < 1.29 is 9.90 Å². The molecule has 0 spiro atoms. The van der Waals surface area contributed by atoms with Gasteiger partial charge >= 0.3 is 0 Å². The molecule has 3 nitrogen and oxygen atoms in total. The van der Waals surface area contributed by atoms with E-state index in [1.54, 1.807) is 33.8 Å². The minimum Gasteiger partial charge on any atom is -0.388 e. The Kier molecular flexibility index (Phi) is 4.45. The van der Waals surface area contributed by atoms with E-state index in [2.05, 4.69) is 37.2 Å². The van der Waals surface area contributed by atoms with Gasteiger partial charge in [-0.15, -0.1) is 11.3 Å². The summed E-state index contributed by atoms with van der Waals surface area (Å²) in [5, 5.41) is 12.8. The fourth-order valence-electron chi connectivity index (χ4n) is 0.999. The molecule has 0 saturated carbocycles. The molecule has 0 aliphatic rings. The van der Waals surface area contributed by atoms with Gasteiger partial charge in [-0.3, -0.25) is 4.79 Å². The van der Waals surface area contributed by atoms with Gasteiger partial charge in [0.25, 0.3) is 5.91 Å². The van der Waals surface area contributed by atoms with Crippen LogP contribution in [0.25, 0.3) is 0 Å². The standard InChI is InChI=1S/C11H15Br2NO2S/c1-10(2,11(3,4)16)14-9(15)6-5-7(12)17-8(6)13/h5,16H,1-4H3,(H,14,15). The van der Waals surface area contributed by atoms with E-state index < -0.39 is 11.1 Å². The molecule has 1 rings (SSSR count). The Balaban J connectivity index is 2.91. The van der Waals surface area contributed by atoms with Crippen molar-refractivity contribution in [2.75, 3.05) is 0 Å². The van der Waals surface area contributed by atoms with Crippen molar-refractivity contribution in [3.05, 3.63) is 19.2 Å². The first-order valence-corrected chi connectivity index (χ1v) is 7.44. The van der Waals surface area contributed by atoms with Crippen molar-refractivity contribution in [2.24, 2.45) is 0 Å². The van der Waals surface area contributed by atoms with Crippen LogP contribution in [-0.4, -0.2) is 22.2 Å². The van der Waals surface area contributed by atoms with Crippen molar-refractivity contribution in [1.82, 2.24) is 5.32 Å². The number of carbonyl (C=O) groups excluding carboxylic acids is 1. The maximum atomic E-state index is 12.1. The van der Waals surface area contributed by atoms with Crippen molar-refractivity contribution in [3.8, 4) is 0 Å². The lowest BCUT2D eigenvalue weighted by Crippen LogP contribution is -2.57. The molecular weight excluding hydrogens is 370 g/mol. The minimum atomic E-state index is -0.998. The van der Waals surface area contributed by atoms with Gasteiger partial charge in [0.05, 0.1) is 24.3 Å². The second-order valence-corrected chi connectivity index (χ2v) is 8.63. The highest BCUT2D eigenvalue weighted by Gasteiger charge is 2.36. The maximum absolute atomic E-state index is 12.1. The Morgan fingerprint density at radius 1 is 1.35 bits per heavy atom. The third-order valence-corrected chi connectivity index (χ3v) is 5.20. The molecule has 0 aromatic carbocycles. The van der Waals surface area contributed by atoms with Crippen LogP contribution in [0.1, 0.15) is 38.1 Å². The number of aliphatic hydroxyl groups is 1. The van der Waals surface area contributed by atoms with Crippen LogP contribution < -0.4 is 5.32 Å². The summed E-state index contributed by atoms with van der Waals surface area (Å²) in [7, 11) is 0. The predicted octanol–water partition coefficient (Wildman–Crippen LogP) is 3.55. The lowest BCUT2D eigenvalue weighted by molar-refractivity contribution is -0.00293. The summed E-state index contributed by atoms with van der Waals surface area (Å²) in [6.07, 6.45) is 0. The highest BCUT2D eigenvalue weighted by Crippen LogP contribution is 2.32. The molecule has 2 N–H and O–H groups in total. The molecule has 1 amide bonds. The van der Waals surface area contributed by atoms with Gasteiger partial charge in [0.1, 0.15) is 0 Å². The van der Waals surface area contributed by atoms with Crippen molar-refractivity contribution in [3.63, 3.8) is 0 Å². The van der Waals surface area contributed by atoms with Crippen LogP contribution in [0.4, 0.5) is 0 Å². The summed E-state index contributed by atoms with van der Waals surface area (Å²) in [5.41, 5.74) is -1.14. The van der Waals surface area contributed by atoms with Gasteiger partial charge in [0.2, 0.25) is 0 Å². The summed E-state index contributed by atoms with van der Waals surface area (Å²) < 4.78 is 1.66. The van der Waals surface area contributed by atoms with Gasteiger partial charge in [-0.2, -0.15) is 0 Å². The highest BCUT2D eigenvalue weighted by atomic mass is 79.9. The van der Waals surface area contributed by atoms with Crippen LogP contribution >= 0.6 is 43.2 Å². The Hall–Kier alpha value is 0.0900. The molecule has 0 fully saturated rings. The lowest BCUT2D eigenvalue weighted by atomic mass is 9.86. The number of thiophene rings is 1. The fourth-order valence-corrected chi connectivity index (χ4v) is 3.79. The zero-order valence-corrected chi connectivity index (χ0v) is 14.1. The van der Waals surface area contributed by atoms with Gasteiger partial charge < -0.3 is 10.4 Å². The molecule has 0 bridgehead atoms. The van der Waals surface area contributed by atoms with Crippen LogP contribution in [0.15, 0.2) is 13.6 Å². The second kappa shape index (κ2) is 4.99. The third-order valence-electron chi connectivity index (χ3n) is 2.86. The smallest absolute Gasteiger partial charge is 0.253 e. The normalized spacial score (nSPS) is 12.6. The van der Waals surface area contributed by atoms with E-state index in [-0.39, 0.29) is 5.91 Å². The second-order valence-electron chi connectivity index (χ2n) is 4.88. The van der Waals surface area contributed by atoms with E-state index in [0.717, 1.165) is 7.57 Å². The van der Waals surface area contributed by atoms with Crippen LogP contribution in [0.2, 0.25) is 0 Å². The Morgan fingerprint density at radius 3 is 2.24 bits per heavy atom. The Bertz CT molecular complexity index is 435. The molecule has 6 heteroatoms. The Morgan fingerprint density at radius 2 is 1.88 bits per heavy atom. The number of hydrogen-bond donors (Lipinski definition) is 2. The predicted molar refractivity (Wildman–Crippen MR) is 77.6 cm³/mol. The topological polar surface area (TPSA) is 49.3 Å². The molecule has 0 radical (unpaired) electrons. The summed E-state index contributed by atoms with van der Waals surface area (Å²) in [5.74, 6) is -0.203. The molecule has 0 atom stereocenters. The van der Waals surface area contributed by atoms with Crippen molar-refractivity contribution in [1.29, 1.82) is 0 Å². The van der Waals surface area contributed by atoms with Crippen molar-refractivity contribution in [2.45, 2.75) is 38.8 Å². The summed E-state index contributed by atoms with van der Waals surface area (Å²) in [4.78, 5) is 12.1. The molecule has 0 aliphatic heterocycles. The molecule has 1 heterocycles. The molecule has 96 valence electrons. The number of hydrogen-bond acceptors (Lipinski definition) is 3. The molecule has 1 aromatic heterocycles. The molecule has 0 aliphatic carbocycles. The number of carbonyl (C=O) groups is 1. The highest BCUT2D eigenvalue weighted by molar-refractivity contribution is 9.12. The Labute approximate surface area is 122 Å². The summed E-state index contributed by atoms with van der Waals surface area (Å²) in [6.45, 7) is 6.93. The van der Waals surface area contributed by atoms with Crippen molar-refractivity contribution >= 4 is 49.1 Å². The molecule has 17 heavy (non-hydrogen) atoms. The first kappa shape index (κ1) is 15.1. The van der Waals surface area contributed by atoms with E-state index in [0.29, 0.717) is 5.56 Å². The zero-order valence-electron chi connectivity index (χ0n) is 10.1. The van der Waals surface area contributed by atoms with Crippen LogP contribution in [0.5, 0.6) is 0 Å². The van der Waals surface area contributed by atoms with Crippen LogP contribution in [-0.2, 0) is 0 Å². The van der Waals surface area contributed by atoms with Crippen LogP contribution in [0.3, 0.4) is 0 Å². The number of nitrogens with one attached hydrogen (secondary N) is 1. The largest absolute Gasteiger partial charge is 0.388 e. The van der Waals surface area contributed by atoms with Gasteiger partial charge in [-0.25, -0.2) is 0 Å². The van der Waals surface area contributed by atoms with E-state index in [9.17, 15) is 9.90 Å². The number of halogens is 2. The summed E-state index contributed by atoms with van der Waals surface area (Å²) >= 11 is 8.11. The maximum Gasteiger partial charge on any atom is 0.253 e. The average molecular weight is 385 g/mol. The van der Waals surface area contributed by atoms with Gasteiger partial charge in [-0.05, 0) is 65.6 Å². The van der Waals surface area contributed by atoms with E-state index in [4.69, 9.17) is 0 Å². The monoisotopic (exact) mass is 383 g/mol. The molecule has 1 aromatic rings. The van der Waals surface area contributed by atoms with Crippen LogP contribution in [0, 0.1) is 0 Å². The van der Waals surface area contributed by atoms with Gasteiger partial charge in [0, 0.05) is 0 Å². The first-order chi connectivity index (χ1) is 7.54. The number of rotatable bonds is 3. The fraction of sp³-hybridized carbons (Fsp3) is 0.545. The van der Waals surface area contributed by atoms with Gasteiger partial charge in [-0.1, -0.05) is 0 Å². The first-order valence-electron chi connectivity index (χ1n) is 5.04. The molecular formula is C11H15Br2NO2S. The minimum absolute atomic E-state index is 0.203. The van der Waals surface area contributed by atoms with E-state index in [1.165, 1.54) is 11.3 Å². The van der Waals surface area contributed by atoms with E-state index >= 15 is 0 Å². The molecule has 0 saturated heterocycles. The average Bonchev–Trinajstić information content (AvgIpc) is 2.42. The number of amides is 1. The summed E-state index contributed by atoms with van der Waals surface area (Å²) in [6, 6.07) is 1.75. The van der Waals surface area contributed by atoms with Gasteiger partial charge in [0.15, 0.2) is 0 Å². The molecule has 0 unspecified atom stereocenters. The van der Waals surface area contributed by atoms with E-state index in [1.807, 2.05) is 0 Å². The quantitative estimate of drug-likeness (QED) is 0.837. The zero-order chi connectivity index (χ0) is 13.4. The third kappa shape index (κ3) is 3.53. The SMILES string of the molecule is CC(C)(O)C(C)(C)NC(=O)c1cc(Br)sc1Br. The lowest BCUT2D eigenvalue weighted by Gasteiger charge is -2.37.